The zero-order valence-corrected chi connectivity index (χ0v) is 10.0. The summed E-state index contributed by atoms with van der Waals surface area (Å²) in [7, 11) is 0. The fraction of sp³-hybridized carbons (Fsp3) is 0.0625. The molecule has 0 atom stereocenters. The first-order chi connectivity index (χ1) is 8.75. The number of nitrogens with zero attached hydrogens (tertiary/aromatic N) is 1. The van der Waals surface area contributed by atoms with Crippen molar-refractivity contribution in [2.75, 3.05) is 0 Å². The molecule has 0 saturated carbocycles. The summed E-state index contributed by atoms with van der Waals surface area (Å²) < 4.78 is 14.1. The van der Waals surface area contributed by atoms with Gasteiger partial charge in [-0.15, -0.1) is 0 Å². The van der Waals surface area contributed by atoms with Gasteiger partial charge in [0, 0.05) is 17.1 Å². The topological polar surface area (TPSA) is 12.9 Å². The van der Waals surface area contributed by atoms with Gasteiger partial charge in [-0.2, -0.15) is 0 Å². The summed E-state index contributed by atoms with van der Waals surface area (Å²) in [4.78, 5) is 4.29. The second kappa shape index (κ2) is 4.22. The van der Waals surface area contributed by atoms with E-state index < -0.39 is 0 Å². The lowest BCUT2D eigenvalue weighted by Gasteiger charge is -2.06. The lowest BCUT2D eigenvalue weighted by molar-refractivity contribution is 0.631. The third kappa shape index (κ3) is 1.76. The molecule has 3 aromatic rings. The van der Waals surface area contributed by atoms with Crippen LogP contribution in [0.1, 0.15) is 5.56 Å². The van der Waals surface area contributed by atoms with Gasteiger partial charge in [-0.05, 0) is 36.1 Å². The van der Waals surface area contributed by atoms with E-state index in [0.29, 0.717) is 10.9 Å². The number of rotatable bonds is 1. The maximum Gasteiger partial charge on any atom is 0.133 e. The van der Waals surface area contributed by atoms with Gasteiger partial charge in [-0.3, -0.25) is 4.98 Å². The van der Waals surface area contributed by atoms with E-state index in [2.05, 4.69) is 4.98 Å². The Hall–Kier alpha value is -2.22. The van der Waals surface area contributed by atoms with Gasteiger partial charge in [0.05, 0.1) is 5.69 Å². The van der Waals surface area contributed by atoms with E-state index in [1.54, 1.807) is 19.2 Å². The lowest BCUT2D eigenvalue weighted by atomic mass is 10.0. The van der Waals surface area contributed by atoms with Crippen molar-refractivity contribution in [3.8, 4) is 11.3 Å². The Balaban J connectivity index is 2.25. The normalized spacial score (nSPS) is 10.8. The predicted octanol–water partition coefficient (Wildman–Crippen LogP) is 4.35. The first-order valence-corrected chi connectivity index (χ1v) is 5.86. The largest absolute Gasteiger partial charge is 0.256 e. The third-order valence-electron chi connectivity index (χ3n) is 3.11. The van der Waals surface area contributed by atoms with Gasteiger partial charge < -0.3 is 0 Å². The molecule has 0 saturated heterocycles. The van der Waals surface area contributed by atoms with Gasteiger partial charge in [-0.25, -0.2) is 4.39 Å². The number of hydrogen-bond acceptors (Lipinski definition) is 1. The SMILES string of the molecule is Cc1ccc2ccc(-c3ccccn3)cc2c1F. The predicted molar refractivity (Wildman–Crippen MR) is 71.9 cm³/mol. The van der Waals surface area contributed by atoms with Crippen molar-refractivity contribution in [2.24, 2.45) is 0 Å². The molecule has 0 unspecified atom stereocenters. The van der Waals surface area contributed by atoms with Crippen LogP contribution in [-0.4, -0.2) is 4.98 Å². The van der Waals surface area contributed by atoms with E-state index in [1.165, 1.54) is 0 Å². The minimum Gasteiger partial charge on any atom is -0.256 e. The quantitative estimate of drug-likeness (QED) is 0.613. The molecule has 1 heterocycles. The van der Waals surface area contributed by atoms with Crippen molar-refractivity contribution in [3.05, 3.63) is 66.1 Å². The molecule has 0 fully saturated rings. The van der Waals surface area contributed by atoms with Crippen molar-refractivity contribution in [3.63, 3.8) is 0 Å². The van der Waals surface area contributed by atoms with Crippen molar-refractivity contribution in [1.29, 1.82) is 0 Å². The Morgan fingerprint density at radius 2 is 1.83 bits per heavy atom. The number of pyridine rings is 1. The smallest absolute Gasteiger partial charge is 0.133 e. The van der Waals surface area contributed by atoms with Crippen molar-refractivity contribution in [1.82, 2.24) is 4.98 Å². The average Bonchev–Trinajstić information content (AvgIpc) is 2.44. The standard InChI is InChI=1S/C16H12FN/c1-11-5-6-12-7-8-13(10-14(12)16(11)17)15-4-2-3-9-18-15/h2-10H,1H3. The van der Waals surface area contributed by atoms with E-state index in [1.807, 2.05) is 42.5 Å². The number of fused-ring (bicyclic) bond motifs is 1. The fourth-order valence-corrected chi connectivity index (χ4v) is 2.08. The molecule has 0 radical (unpaired) electrons. The summed E-state index contributed by atoms with van der Waals surface area (Å²) in [5.74, 6) is -0.148. The monoisotopic (exact) mass is 237 g/mol. The van der Waals surface area contributed by atoms with E-state index in [-0.39, 0.29) is 5.82 Å². The fourth-order valence-electron chi connectivity index (χ4n) is 2.08. The maximum atomic E-state index is 14.1. The highest BCUT2D eigenvalue weighted by Crippen LogP contribution is 2.26. The number of halogens is 1. The molecule has 3 rings (SSSR count). The number of benzene rings is 2. The minimum atomic E-state index is -0.148. The number of hydrogen-bond donors (Lipinski definition) is 0. The van der Waals surface area contributed by atoms with Gasteiger partial charge in [0.25, 0.3) is 0 Å². The average molecular weight is 237 g/mol. The second-order valence-corrected chi connectivity index (χ2v) is 4.35. The summed E-state index contributed by atoms with van der Waals surface area (Å²) in [6.07, 6.45) is 1.74. The Morgan fingerprint density at radius 1 is 1.00 bits per heavy atom. The Morgan fingerprint density at radius 3 is 2.61 bits per heavy atom. The lowest BCUT2D eigenvalue weighted by Crippen LogP contribution is -1.87. The van der Waals surface area contributed by atoms with Crippen LogP contribution in [0.3, 0.4) is 0 Å². The number of aromatic nitrogens is 1. The molecule has 0 N–H and O–H groups in total. The Kier molecular flexibility index (Phi) is 2.56. The van der Waals surface area contributed by atoms with Gasteiger partial charge >= 0.3 is 0 Å². The van der Waals surface area contributed by atoms with Crippen molar-refractivity contribution < 1.29 is 4.39 Å². The first kappa shape index (κ1) is 10.9. The summed E-state index contributed by atoms with van der Waals surface area (Å²) >= 11 is 0. The van der Waals surface area contributed by atoms with E-state index in [0.717, 1.165) is 16.6 Å². The highest BCUT2D eigenvalue weighted by atomic mass is 19.1. The zero-order chi connectivity index (χ0) is 12.5. The maximum absolute atomic E-state index is 14.1. The molecular weight excluding hydrogens is 225 g/mol. The van der Waals surface area contributed by atoms with Crippen LogP contribution >= 0.6 is 0 Å². The van der Waals surface area contributed by atoms with Crippen LogP contribution in [0.5, 0.6) is 0 Å². The van der Waals surface area contributed by atoms with Crippen LogP contribution < -0.4 is 0 Å². The van der Waals surface area contributed by atoms with E-state index >= 15 is 0 Å². The van der Waals surface area contributed by atoms with Crippen LogP contribution in [0, 0.1) is 12.7 Å². The van der Waals surface area contributed by atoms with E-state index in [9.17, 15) is 4.39 Å². The Labute approximate surface area is 105 Å². The summed E-state index contributed by atoms with van der Waals surface area (Å²) in [6.45, 7) is 1.78. The third-order valence-corrected chi connectivity index (χ3v) is 3.11. The van der Waals surface area contributed by atoms with Crippen LogP contribution in [0.2, 0.25) is 0 Å². The molecule has 0 bridgehead atoms. The summed E-state index contributed by atoms with van der Waals surface area (Å²) in [5.41, 5.74) is 2.47. The molecule has 2 heteroatoms. The second-order valence-electron chi connectivity index (χ2n) is 4.35. The van der Waals surface area contributed by atoms with Gasteiger partial charge in [0.15, 0.2) is 0 Å². The van der Waals surface area contributed by atoms with Crippen LogP contribution in [-0.2, 0) is 0 Å². The molecule has 0 spiro atoms. The molecule has 0 aliphatic carbocycles. The minimum absolute atomic E-state index is 0.148. The van der Waals surface area contributed by atoms with Crippen LogP contribution in [0.4, 0.5) is 4.39 Å². The molecular formula is C16H12FN. The molecule has 1 nitrogen and oxygen atoms in total. The molecule has 1 aromatic heterocycles. The zero-order valence-electron chi connectivity index (χ0n) is 10.0. The van der Waals surface area contributed by atoms with E-state index in [4.69, 9.17) is 0 Å². The van der Waals surface area contributed by atoms with Gasteiger partial charge in [0.1, 0.15) is 5.82 Å². The molecule has 2 aromatic carbocycles. The van der Waals surface area contributed by atoms with Crippen LogP contribution in [0.15, 0.2) is 54.7 Å². The highest BCUT2D eigenvalue weighted by Gasteiger charge is 2.06. The molecule has 0 aliphatic heterocycles. The van der Waals surface area contributed by atoms with Crippen molar-refractivity contribution >= 4 is 10.8 Å². The molecule has 0 amide bonds. The van der Waals surface area contributed by atoms with Gasteiger partial charge in [-0.1, -0.05) is 30.3 Å². The highest BCUT2D eigenvalue weighted by molar-refractivity contribution is 5.87. The Bertz CT molecular complexity index is 705. The van der Waals surface area contributed by atoms with Crippen LogP contribution in [0.25, 0.3) is 22.0 Å². The molecule has 0 aliphatic rings. The molecule has 18 heavy (non-hydrogen) atoms. The van der Waals surface area contributed by atoms with Gasteiger partial charge in [0.2, 0.25) is 0 Å². The summed E-state index contributed by atoms with van der Waals surface area (Å²) in [6, 6.07) is 15.2. The molecule has 88 valence electrons. The first-order valence-electron chi connectivity index (χ1n) is 5.86. The summed E-state index contributed by atoms with van der Waals surface area (Å²) in [5, 5.41) is 1.57. The number of aryl methyl sites for hydroxylation is 1. The van der Waals surface area contributed by atoms with Crippen molar-refractivity contribution in [2.45, 2.75) is 6.92 Å².